The summed E-state index contributed by atoms with van der Waals surface area (Å²) in [6.45, 7) is 1.98. The molecule has 13 heavy (non-hydrogen) atoms. The van der Waals surface area contributed by atoms with E-state index in [-0.39, 0.29) is 0 Å². The fraction of sp³-hybridized carbons (Fsp3) is 0.714. The Morgan fingerprint density at radius 1 is 1.38 bits per heavy atom. The van der Waals surface area contributed by atoms with Crippen molar-refractivity contribution in [2.45, 2.75) is 0 Å². The molecule has 0 fully saturated rings. The number of nitrogens with zero attached hydrogens (tertiary/aromatic N) is 3. The number of rotatable bonds is 4. The van der Waals surface area contributed by atoms with Gasteiger partial charge >= 0.3 is 0 Å². The standard InChI is InChI=1S/C7H14N4S2/c1-10(2)4-5-11(3)6-8-9-7(12)13-6/h4-5H2,1-3H3,(H,9,12). The highest BCUT2D eigenvalue weighted by Crippen LogP contribution is 2.14. The molecule has 1 aromatic rings. The van der Waals surface area contributed by atoms with E-state index in [4.69, 9.17) is 12.2 Å². The summed E-state index contributed by atoms with van der Waals surface area (Å²) in [6.07, 6.45) is 0. The van der Waals surface area contributed by atoms with E-state index >= 15 is 0 Å². The molecule has 1 heterocycles. The highest BCUT2D eigenvalue weighted by Gasteiger charge is 2.04. The molecule has 0 bridgehead atoms. The van der Waals surface area contributed by atoms with E-state index in [1.165, 1.54) is 11.3 Å². The molecule has 0 amide bonds. The molecule has 0 saturated heterocycles. The Morgan fingerprint density at radius 2 is 2.08 bits per heavy atom. The first-order chi connectivity index (χ1) is 6.09. The second-order valence-corrected chi connectivity index (χ2v) is 4.76. The number of aromatic nitrogens is 2. The Morgan fingerprint density at radius 3 is 2.54 bits per heavy atom. The van der Waals surface area contributed by atoms with Gasteiger partial charge in [-0.3, -0.25) is 5.10 Å². The predicted octanol–water partition coefficient (Wildman–Crippen LogP) is 1.20. The summed E-state index contributed by atoms with van der Waals surface area (Å²) in [4.78, 5) is 4.24. The summed E-state index contributed by atoms with van der Waals surface area (Å²) in [5.74, 6) is 0. The van der Waals surface area contributed by atoms with Crippen molar-refractivity contribution in [3.63, 3.8) is 0 Å². The average molecular weight is 218 g/mol. The zero-order chi connectivity index (χ0) is 9.84. The molecule has 1 rings (SSSR count). The Labute approximate surface area is 87.2 Å². The van der Waals surface area contributed by atoms with Crippen molar-refractivity contribution < 1.29 is 0 Å². The van der Waals surface area contributed by atoms with Gasteiger partial charge in [0.25, 0.3) is 0 Å². The monoisotopic (exact) mass is 218 g/mol. The van der Waals surface area contributed by atoms with Gasteiger partial charge in [-0.05, 0) is 26.3 Å². The van der Waals surface area contributed by atoms with Crippen LogP contribution in [0.4, 0.5) is 5.13 Å². The van der Waals surface area contributed by atoms with E-state index in [1.807, 2.05) is 7.05 Å². The number of likely N-dealkylation sites (N-methyl/N-ethyl adjacent to an activating group) is 2. The van der Waals surface area contributed by atoms with Crippen LogP contribution in [0.3, 0.4) is 0 Å². The molecule has 0 aliphatic carbocycles. The predicted molar refractivity (Wildman–Crippen MR) is 59.1 cm³/mol. The molecule has 6 heteroatoms. The van der Waals surface area contributed by atoms with Gasteiger partial charge in [0.2, 0.25) is 5.13 Å². The molecule has 0 radical (unpaired) electrons. The van der Waals surface area contributed by atoms with Crippen LogP contribution >= 0.6 is 23.6 Å². The fourth-order valence-electron chi connectivity index (χ4n) is 0.831. The lowest BCUT2D eigenvalue weighted by Crippen LogP contribution is -2.28. The lowest BCUT2D eigenvalue weighted by atomic mass is 10.5. The Bertz CT molecular complexity index is 303. The van der Waals surface area contributed by atoms with Gasteiger partial charge in [-0.1, -0.05) is 11.3 Å². The maximum atomic E-state index is 4.95. The van der Waals surface area contributed by atoms with E-state index in [0.717, 1.165) is 22.2 Å². The number of nitrogens with one attached hydrogen (secondary N) is 1. The van der Waals surface area contributed by atoms with Gasteiger partial charge in [-0.25, -0.2) is 0 Å². The van der Waals surface area contributed by atoms with Crippen LogP contribution in [0, 0.1) is 3.95 Å². The van der Waals surface area contributed by atoms with Crippen molar-refractivity contribution in [2.24, 2.45) is 0 Å². The van der Waals surface area contributed by atoms with Crippen LogP contribution in [0.5, 0.6) is 0 Å². The van der Waals surface area contributed by atoms with E-state index in [1.54, 1.807) is 0 Å². The zero-order valence-electron chi connectivity index (χ0n) is 8.07. The summed E-state index contributed by atoms with van der Waals surface area (Å²) in [6, 6.07) is 0. The molecule has 0 spiro atoms. The smallest absolute Gasteiger partial charge is 0.206 e. The Kier molecular flexibility index (Phi) is 3.83. The second kappa shape index (κ2) is 4.69. The molecule has 0 aromatic carbocycles. The SMILES string of the molecule is CN(C)CCN(C)c1n[nH]c(=S)s1. The molecular weight excluding hydrogens is 204 g/mol. The first kappa shape index (κ1) is 10.6. The highest BCUT2D eigenvalue weighted by atomic mass is 32.1. The number of H-pyrrole nitrogens is 1. The normalized spacial score (nSPS) is 10.8. The fourth-order valence-corrected chi connectivity index (χ4v) is 1.70. The van der Waals surface area contributed by atoms with Crippen LogP contribution in [-0.4, -0.2) is 49.3 Å². The summed E-state index contributed by atoms with van der Waals surface area (Å²) < 4.78 is 0.728. The topological polar surface area (TPSA) is 35.2 Å². The van der Waals surface area contributed by atoms with Gasteiger partial charge < -0.3 is 9.80 Å². The number of anilines is 1. The minimum absolute atomic E-state index is 0.728. The van der Waals surface area contributed by atoms with Crippen molar-refractivity contribution in [2.75, 3.05) is 39.1 Å². The minimum Gasteiger partial charge on any atom is -0.348 e. The van der Waals surface area contributed by atoms with Crippen LogP contribution in [-0.2, 0) is 0 Å². The third-order valence-corrected chi connectivity index (χ3v) is 2.84. The van der Waals surface area contributed by atoms with E-state index in [9.17, 15) is 0 Å². The molecule has 0 saturated carbocycles. The third-order valence-electron chi connectivity index (χ3n) is 1.64. The molecule has 1 aromatic heterocycles. The number of hydrogen-bond donors (Lipinski definition) is 1. The summed E-state index contributed by atoms with van der Waals surface area (Å²) >= 11 is 6.45. The quantitative estimate of drug-likeness (QED) is 0.770. The van der Waals surface area contributed by atoms with Gasteiger partial charge in [0.15, 0.2) is 3.95 Å². The number of aromatic amines is 1. The van der Waals surface area contributed by atoms with Crippen LogP contribution in [0.1, 0.15) is 0 Å². The van der Waals surface area contributed by atoms with Gasteiger partial charge in [0.05, 0.1) is 0 Å². The molecule has 0 atom stereocenters. The maximum absolute atomic E-state index is 4.95. The molecule has 0 unspecified atom stereocenters. The summed E-state index contributed by atoms with van der Waals surface area (Å²) in [7, 11) is 6.13. The van der Waals surface area contributed by atoms with Crippen molar-refractivity contribution in [1.29, 1.82) is 0 Å². The van der Waals surface area contributed by atoms with Gasteiger partial charge in [-0.15, -0.1) is 5.10 Å². The van der Waals surface area contributed by atoms with Crippen molar-refractivity contribution in [3.8, 4) is 0 Å². The molecule has 1 N–H and O–H groups in total. The molecular formula is C7H14N4S2. The summed E-state index contributed by atoms with van der Waals surface area (Å²) in [5, 5.41) is 7.81. The first-order valence-electron chi connectivity index (χ1n) is 4.01. The lowest BCUT2D eigenvalue weighted by Gasteiger charge is -2.17. The average Bonchev–Trinajstić information content (AvgIpc) is 2.47. The van der Waals surface area contributed by atoms with Gasteiger partial charge in [0.1, 0.15) is 0 Å². The first-order valence-corrected chi connectivity index (χ1v) is 5.23. The third kappa shape index (κ3) is 3.41. The van der Waals surface area contributed by atoms with E-state index in [0.29, 0.717) is 0 Å². The molecule has 4 nitrogen and oxygen atoms in total. The summed E-state index contributed by atoms with van der Waals surface area (Å²) in [5.41, 5.74) is 0. The van der Waals surface area contributed by atoms with Crippen molar-refractivity contribution >= 4 is 28.7 Å². The van der Waals surface area contributed by atoms with Crippen molar-refractivity contribution in [1.82, 2.24) is 15.1 Å². The highest BCUT2D eigenvalue weighted by molar-refractivity contribution is 7.73. The Balaban J connectivity index is 2.48. The molecule has 0 aliphatic rings. The lowest BCUT2D eigenvalue weighted by molar-refractivity contribution is 0.416. The van der Waals surface area contributed by atoms with Gasteiger partial charge in [-0.2, -0.15) is 0 Å². The van der Waals surface area contributed by atoms with Crippen LogP contribution in [0.25, 0.3) is 0 Å². The van der Waals surface area contributed by atoms with Crippen LogP contribution < -0.4 is 4.90 Å². The second-order valence-electron chi connectivity index (χ2n) is 3.12. The van der Waals surface area contributed by atoms with E-state index < -0.39 is 0 Å². The minimum atomic E-state index is 0.728. The maximum Gasteiger partial charge on any atom is 0.206 e. The number of hydrogen-bond acceptors (Lipinski definition) is 5. The Hall–Kier alpha value is -0.460. The van der Waals surface area contributed by atoms with E-state index in [2.05, 4.69) is 34.1 Å². The molecule has 74 valence electrons. The van der Waals surface area contributed by atoms with Crippen LogP contribution in [0.2, 0.25) is 0 Å². The molecule has 0 aliphatic heterocycles. The van der Waals surface area contributed by atoms with Gasteiger partial charge in [0, 0.05) is 20.1 Å². The van der Waals surface area contributed by atoms with Crippen molar-refractivity contribution in [3.05, 3.63) is 3.95 Å². The largest absolute Gasteiger partial charge is 0.348 e. The van der Waals surface area contributed by atoms with Crippen LogP contribution in [0.15, 0.2) is 0 Å². The zero-order valence-corrected chi connectivity index (χ0v) is 9.71.